The monoisotopic (exact) mass is 410 g/mol. The highest BCUT2D eigenvalue weighted by atomic mass is 19.3. The Balaban J connectivity index is 2.02. The highest BCUT2D eigenvalue weighted by molar-refractivity contribution is 5.64. The summed E-state index contributed by atoms with van der Waals surface area (Å²) >= 11 is 0. The van der Waals surface area contributed by atoms with Gasteiger partial charge in [0.05, 0.1) is 0 Å². The molecule has 3 aromatic rings. The van der Waals surface area contributed by atoms with Gasteiger partial charge in [-0.2, -0.15) is 8.78 Å². The van der Waals surface area contributed by atoms with Crippen molar-refractivity contribution in [2.24, 2.45) is 0 Å². The second kappa shape index (κ2) is 7.46. The van der Waals surface area contributed by atoms with Crippen LogP contribution in [0.4, 0.5) is 26.3 Å². The molecule has 0 atom stereocenters. The number of hydrogen-bond donors (Lipinski definition) is 0. The molecule has 7 heteroatoms. The van der Waals surface area contributed by atoms with E-state index in [1.165, 1.54) is 0 Å². The van der Waals surface area contributed by atoms with Crippen LogP contribution in [-0.2, 0) is 6.11 Å². The van der Waals surface area contributed by atoms with Gasteiger partial charge >= 0.3 is 6.11 Å². The maximum absolute atomic E-state index is 14.5. The van der Waals surface area contributed by atoms with E-state index in [9.17, 15) is 26.3 Å². The zero-order valence-electron chi connectivity index (χ0n) is 15.7. The van der Waals surface area contributed by atoms with Gasteiger partial charge in [-0.1, -0.05) is 29.8 Å². The Kier molecular flexibility index (Phi) is 5.34. The fraction of sp³-hybridized carbons (Fsp3) is 0.182. The van der Waals surface area contributed by atoms with Crippen molar-refractivity contribution >= 4 is 0 Å². The van der Waals surface area contributed by atoms with Gasteiger partial charge < -0.3 is 4.74 Å². The minimum Gasteiger partial charge on any atom is -0.428 e. The van der Waals surface area contributed by atoms with E-state index < -0.39 is 46.3 Å². The van der Waals surface area contributed by atoms with Crippen LogP contribution < -0.4 is 4.74 Å². The van der Waals surface area contributed by atoms with Crippen molar-refractivity contribution < 1.29 is 31.1 Å². The Morgan fingerprint density at radius 2 is 1.24 bits per heavy atom. The molecule has 0 fully saturated rings. The molecule has 1 nitrogen and oxygen atoms in total. The molecule has 29 heavy (non-hydrogen) atoms. The van der Waals surface area contributed by atoms with E-state index in [-0.39, 0.29) is 11.1 Å². The number of benzene rings is 3. The Hall–Kier alpha value is -2.96. The maximum Gasteiger partial charge on any atom is 0.432 e. The minimum atomic E-state index is -4.50. The molecule has 3 aromatic carbocycles. The third-order valence-corrected chi connectivity index (χ3v) is 4.60. The number of aryl methyl sites for hydroxylation is 1. The lowest BCUT2D eigenvalue weighted by Gasteiger charge is -2.21. The Labute approximate surface area is 163 Å². The molecule has 0 aliphatic carbocycles. The lowest BCUT2D eigenvalue weighted by molar-refractivity contribution is -0.190. The van der Waals surface area contributed by atoms with Crippen molar-refractivity contribution in [2.75, 3.05) is 0 Å². The summed E-state index contributed by atoms with van der Waals surface area (Å²) in [6.45, 7) is 4.05. The van der Waals surface area contributed by atoms with E-state index >= 15 is 0 Å². The number of alkyl halides is 2. The molecule has 0 saturated heterocycles. The average molecular weight is 410 g/mol. The molecule has 3 rings (SSSR count). The zero-order valence-corrected chi connectivity index (χ0v) is 15.7. The first-order valence-corrected chi connectivity index (χ1v) is 8.60. The molecule has 0 spiro atoms. The third-order valence-electron chi connectivity index (χ3n) is 4.60. The van der Waals surface area contributed by atoms with Gasteiger partial charge in [-0.25, -0.2) is 17.6 Å². The molecule has 0 aliphatic rings. The summed E-state index contributed by atoms with van der Waals surface area (Å²) in [5.74, 6) is -6.13. The van der Waals surface area contributed by atoms with Gasteiger partial charge in [-0.05, 0) is 44.0 Å². The van der Waals surface area contributed by atoms with Crippen LogP contribution in [0, 0.1) is 44.0 Å². The Morgan fingerprint density at radius 3 is 1.79 bits per heavy atom. The largest absolute Gasteiger partial charge is 0.432 e. The quantitative estimate of drug-likeness (QED) is 0.422. The van der Waals surface area contributed by atoms with Crippen LogP contribution in [0.25, 0.3) is 11.1 Å². The molecular weight excluding hydrogens is 394 g/mol. The molecular formula is C22H16F6O. The van der Waals surface area contributed by atoms with Crippen molar-refractivity contribution in [1.29, 1.82) is 0 Å². The van der Waals surface area contributed by atoms with E-state index in [0.29, 0.717) is 11.6 Å². The van der Waals surface area contributed by atoms with Crippen LogP contribution in [0.3, 0.4) is 0 Å². The Bertz CT molecular complexity index is 1050. The van der Waals surface area contributed by atoms with E-state index in [0.717, 1.165) is 31.5 Å². The summed E-state index contributed by atoms with van der Waals surface area (Å²) in [5.41, 5.74) is -1.02. The number of hydrogen-bond acceptors (Lipinski definition) is 1. The molecule has 0 N–H and O–H groups in total. The fourth-order valence-electron chi connectivity index (χ4n) is 2.88. The maximum atomic E-state index is 14.5. The van der Waals surface area contributed by atoms with Gasteiger partial charge in [0.1, 0.15) is 34.6 Å². The number of rotatable bonds is 4. The van der Waals surface area contributed by atoms with Gasteiger partial charge in [-0.3, -0.25) is 0 Å². The SMILES string of the molecule is Cc1ccc(-c2cc(F)c(C(F)(F)Oc3cc(F)c(C)c(F)c3C)c(F)c2)cc1. The second-order valence-corrected chi connectivity index (χ2v) is 6.72. The highest BCUT2D eigenvalue weighted by Crippen LogP contribution is 2.39. The third kappa shape index (κ3) is 3.95. The second-order valence-electron chi connectivity index (χ2n) is 6.72. The summed E-state index contributed by atoms with van der Waals surface area (Å²) in [6, 6.07) is 8.67. The Morgan fingerprint density at radius 1 is 0.690 bits per heavy atom. The topological polar surface area (TPSA) is 9.23 Å². The average Bonchev–Trinajstić information content (AvgIpc) is 2.64. The van der Waals surface area contributed by atoms with E-state index in [4.69, 9.17) is 0 Å². The van der Waals surface area contributed by atoms with Crippen molar-refractivity contribution in [3.05, 3.63) is 88.0 Å². The van der Waals surface area contributed by atoms with Crippen LogP contribution in [0.2, 0.25) is 0 Å². The van der Waals surface area contributed by atoms with E-state index in [1.807, 2.05) is 6.92 Å². The van der Waals surface area contributed by atoms with Crippen LogP contribution in [-0.4, -0.2) is 0 Å². The summed E-state index contributed by atoms with van der Waals surface area (Å²) in [5, 5.41) is 0. The lowest BCUT2D eigenvalue weighted by Crippen LogP contribution is -2.26. The van der Waals surface area contributed by atoms with Crippen molar-refractivity contribution in [2.45, 2.75) is 26.9 Å². The first-order valence-electron chi connectivity index (χ1n) is 8.60. The van der Waals surface area contributed by atoms with Gasteiger partial charge in [-0.15, -0.1) is 0 Å². The molecule has 0 aliphatic heterocycles. The molecule has 0 heterocycles. The number of halogens is 6. The molecule has 0 amide bonds. The first kappa shape index (κ1) is 20.8. The van der Waals surface area contributed by atoms with Crippen molar-refractivity contribution in [1.82, 2.24) is 0 Å². The van der Waals surface area contributed by atoms with Gasteiger partial charge in [0.25, 0.3) is 0 Å². The standard InChI is InChI=1S/C22H16F6O/c1-11-4-6-14(7-5-11)15-8-17(24)20(18(25)9-15)22(27,28)29-19-10-16(23)12(2)21(26)13(19)3/h4-10H,1-3H3. The molecule has 0 bridgehead atoms. The summed E-state index contributed by atoms with van der Waals surface area (Å²) in [6.07, 6.45) is -4.50. The lowest BCUT2D eigenvalue weighted by atomic mass is 10.0. The normalized spacial score (nSPS) is 11.6. The predicted molar refractivity (Wildman–Crippen MR) is 96.9 cm³/mol. The first-order chi connectivity index (χ1) is 13.5. The van der Waals surface area contributed by atoms with Gasteiger partial charge in [0, 0.05) is 17.2 Å². The number of ether oxygens (including phenoxy) is 1. The van der Waals surface area contributed by atoms with E-state index in [1.54, 1.807) is 24.3 Å². The van der Waals surface area contributed by atoms with Crippen molar-refractivity contribution in [3.63, 3.8) is 0 Å². The molecule has 0 aromatic heterocycles. The van der Waals surface area contributed by atoms with Crippen LogP contribution in [0.1, 0.15) is 22.3 Å². The predicted octanol–water partition coefficient (Wildman–Crippen LogP) is 6.96. The zero-order chi connectivity index (χ0) is 21.5. The van der Waals surface area contributed by atoms with Crippen molar-refractivity contribution in [3.8, 4) is 16.9 Å². The molecule has 0 saturated carbocycles. The summed E-state index contributed by atoms with van der Waals surface area (Å²) in [4.78, 5) is 0. The molecule has 0 unspecified atom stereocenters. The van der Waals surface area contributed by atoms with Crippen LogP contribution in [0.15, 0.2) is 42.5 Å². The highest BCUT2D eigenvalue weighted by Gasteiger charge is 2.42. The summed E-state index contributed by atoms with van der Waals surface area (Å²) in [7, 11) is 0. The molecule has 0 radical (unpaired) electrons. The summed E-state index contributed by atoms with van der Waals surface area (Å²) < 4.78 is 90.0. The smallest absolute Gasteiger partial charge is 0.428 e. The van der Waals surface area contributed by atoms with Gasteiger partial charge in [0.15, 0.2) is 0 Å². The molecule has 152 valence electrons. The van der Waals surface area contributed by atoms with E-state index in [2.05, 4.69) is 4.74 Å². The van der Waals surface area contributed by atoms with Crippen LogP contribution in [0.5, 0.6) is 5.75 Å². The van der Waals surface area contributed by atoms with Gasteiger partial charge in [0.2, 0.25) is 0 Å². The fourth-order valence-corrected chi connectivity index (χ4v) is 2.88. The minimum absolute atomic E-state index is 0.0585. The van der Waals surface area contributed by atoms with Crippen LogP contribution >= 0.6 is 0 Å².